The molecule has 0 amide bonds. The van der Waals surface area contributed by atoms with Gasteiger partial charge < -0.3 is 9.84 Å². The van der Waals surface area contributed by atoms with Crippen molar-refractivity contribution in [3.05, 3.63) is 11.6 Å². The molecule has 1 N–H and O–H groups in total. The lowest BCUT2D eigenvalue weighted by atomic mass is 10.2. The van der Waals surface area contributed by atoms with Crippen LogP contribution in [0.1, 0.15) is 20.8 Å². The largest absolute Gasteiger partial charge is 0.426 e. The lowest BCUT2D eigenvalue weighted by Crippen LogP contribution is -2.49. The van der Waals surface area contributed by atoms with Gasteiger partial charge >= 0.3 is 17.8 Å². The summed E-state index contributed by atoms with van der Waals surface area (Å²) < 4.78 is 53.9. The maximum atomic E-state index is 12.7. The van der Waals surface area contributed by atoms with E-state index in [1.54, 1.807) is 0 Å². The third-order valence-corrected chi connectivity index (χ3v) is 1.53. The van der Waals surface area contributed by atoms with Crippen LogP contribution in [-0.2, 0) is 9.53 Å². The summed E-state index contributed by atoms with van der Waals surface area (Å²) in [6.45, 7) is 2.87. The van der Waals surface area contributed by atoms with Crippen molar-refractivity contribution in [2.45, 2.75) is 38.9 Å². The number of allylic oxidation sites excluding steroid dienone is 1. The average Bonchev–Trinajstić information content (AvgIpc) is 1.99. The zero-order valence-corrected chi connectivity index (χ0v) is 8.93. The second-order valence-corrected chi connectivity index (χ2v) is 3.52. The summed E-state index contributed by atoms with van der Waals surface area (Å²) in [5, 5.41) is 8.69. The number of alkyl halides is 4. The van der Waals surface area contributed by atoms with Gasteiger partial charge in [-0.3, -0.25) is 0 Å². The van der Waals surface area contributed by atoms with Crippen molar-refractivity contribution in [3.8, 4) is 0 Å². The van der Waals surface area contributed by atoms with Gasteiger partial charge in [0.25, 0.3) is 6.29 Å². The summed E-state index contributed by atoms with van der Waals surface area (Å²) in [6, 6.07) is 0. The van der Waals surface area contributed by atoms with Crippen LogP contribution in [0, 0.1) is 0 Å². The maximum absolute atomic E-state index is 12.7. The van der Waals surface area contributed by atoms with Crippen molar-refractivity contribution in [1.82, 2.24) is 0 Å². The van der Waals surface area contributed by atoms with E-state index < -0.39 is 24.1 Å². The molecule has 0 spiro atoms. The Morgan fingerprint density at radius 3 is 2.06 bits per heavy atom. The van der Waals surface area contributed by atoms with E-state index in [2.05, 4.69) is 4.74 Å². The molecule has 0 radical (unpaired) electrons. The number of aliphatic hydroxyl groups is 1. The van der Waals surface area contributed by atoms with Gasteiger partial charge in [0, 0.05) is 13.0 Å². The van der Waals surface area contributed by atoms with Crippen LogP contribution in [0.4, 0.5) is 17.6 Å². The van der Waals surface area contributed by atoms with Crippen LogP contribution in [0.25, 0.3) is 0 Å². The van der Waals surface area contributed by atoms with Crippen LogP contribution in [0.2, 0.25) is 0 Å². The number of rotatable bonds is 4. The van der Waals surface area contributed by atoms with Gasteiger partial charge in [-0.25, -0.2) is 4.79 Å². The molecule has 0 aromatic heterocycles. The van der Waals surface area contributed by atoms with Gasteiger partial charge in [0.05, 0.1) is 0 Å². The lowest BCUT2D eigenvalue weighted by Gasteiger charge is -2.26. The Kier molecular flexibility index (Phi) is 4.48. The zero-order valence-electron chi connectivity index (χ0n) is 8.93. The molecule has 0 bridgehead atoms. The Morgan fingerprint density at radius 2 is 1.75 bits per heavy atom. The Morgan fingerprint density at radius 1 is 1.31 bits per heavy atom. The van der Waals surface area contributed by atoms with Gasteiger partial charge in [0.2, 0.25) is 0 Å². The van der Waals surface area contributed by atoms with Gasteiger partial charge in [-0.1, -0.05) is 5.57 Å². The Hall–Kier alpha value is -1.11. The van der Waals surface area contributed by atoms with Crippen LogP contribution in [-0.4, -0.2) is 29.2 Å². The first-order chi connectivity index (χ1) is 6.98. The fraction of sp³-hybridized carbons (Fsp3) is 0.667. The lowest BCUT2D eigenvalue weighted by molar-refractivity contribution is -0.300. The highest BCUT2D eigenvalue weighted by molar-refractivity contribution is 5.82. The Bertz CT molecular complexity index is 290. The van der Waals surface area contributed by atoms with Crippen molar-refractivity contribution in [2.75, 3.05) is 0 Å². The van der Waals surface area contributed by atoms with E-state index in [9.17, 15) is 22.4 Å². The monoisotopic (exact) mass is 244 g/mol. The molecule has 7 heteroatoms. The summed E-state index contributed by atoms with van der Waals surface area (Å²) in [4.78, 5) is 10.8. The van der Waals surface area contributed by atoms with E-state index in [0.717, 1.165) is 6.08 Å². The molecule has 0 aliphatic heterocycles. The van der Waals surface area contributed by atoms with Crippen LogP contribution in [0.15, 0.2) is 11.6 Å². The third-order valence-electron chi connectivity index (χ3n) is 1.53. The van der Waals surface area contributed by atoms with E-state index >= 15 is 0 Å². The molecule has 16 heavy (non-hydrogen) atoms. The molecule has 94 valence electrons. The number of hydrogen-bond acceptors (Lipinski definition) is 3. The molecule has 0 aliphatic rings. The molecule has 0 aromatic carbocycles. The minimum atomic E-state index is -4.84. The molecular formula is C9H12F4O3. The van der Waals surface area contributed by atoms with Crippen molar-refractivity contribution in [3.63, 3.8) is 0 Å². The highest BCUT2D eigenvalue weighted by Crippen LogP contribution is 2.36. The van der Waals surface area contributed by atoms with Crippen molar-refractivity contribution < 1.29 is 32.2 Å². The molecule has 1 atom stereocenters. The number of esters is 1. The van der Waals surface area contributed by atoms with Crippen molar-refractivity contribution in [1.29, 1.82) is 0 Å². The molecule has 3 nitrogen and oxygen atoms in total. The Labute approximate surface area is 89.7 Å². The molecule has 0 aromatic rings. The van der Waals surface area contributed by atoms with E-state index in [0.29, 0.717) is 5.57 Å². The first-order valence-corrected chi connectivity index (χ1v) is 4.27. The first kappa shape index (κ1) is 14.9. The summed E-state index contributed by atoms with van der Waals surface area (Å²) in [6.07, 6.45) is -2.39. The van der Waals surface area contributed by atoms with Crippen LogP contribution in [0.3, 0.4) is 0 Å². The minimum Gasteiger partial charge on any atom is -0.426 e. The molecule has 0 heterocycles. The number of carbonyl (C=O) groups is 1. The summed E-state index contributed by atoms with van der Waals surface area (Å²) >= 11 is 0. The Balaban J connectivity index is 4.65. The number of halogens is 4. The quantitative estimate of drug-likeness (QED) is 0.356. The number of ether oxygens (including phenoxy) is 1. The van der Waals surface area contributed by atoms with Gasteiger partial charge in [-0.15, -0.1) is 0 Å². The first-order valence-electron chi connectivity index (χ1n) is 4.27. The topological polar surface area (TPSA) is 46.5 Å². The van der Waals surface area contributed by atoms with Crippen LogP contribution in [0.5, 0.6) is 0 Å². The molecule has 0 saturated heterocycles. The SMILES string of the molecule is CC(C)=CC(=O)OC(O)C(F)(F)C(C)(F)F. The maximum Gasteiger partial charge on any atom is 0.370 e. The standard InChI is InChI=1S/C9H12F4O3/c1-5(2)4-6(14)16-7(15)9(12,13)8(3,10)11/h4,7,15H,1-3H3. The molecule has 0 saturated carbocycles. The fourth-order valence-electron chi connectivity index (χ4n) is 0.671. The predicted octanol–water partition coefficient (Wildman–Crippen LogP) is 2.10. The predicted molar refractivity (Wildman–Crippen MR) is 47.1 cm³/mol. The van der Waals surface area contributed by atoms with Crippen molar-refractivity contribution in [2.24, 2.45) is 0 Å². The number of hydrogen-bond donors (Lipinski definition) is 1. The van der Waals surface area contributed by atoms with Crippen LogP contribution >= 0.6 is 0 Å². The van der Waals surface area contributed by atoms with Gasteiger partial charge in [0.15, 0.2) is 0 Å². The van der Waals surface area contributed by atoms with Crippen molar-refractivity contribution >= 4 is 5.97 Å². The second-order valence-electron chi connectivity index (χ2n) is 3.52. The van der Waals surface area contributed by atoms with Gasteiger partial charge in [0.1, 0.15) is 0 Å². The van der Waals surface area contributed by atoms with E-state index in [4.69, 9.17) is 5.11 Å². The highest BCUT2D eigenvalue weighted by Gasteiger charge is 2.59. The van der Waals surface area contributed by atoms with E-state index in [-0.39, 0.29) is 6.92 Å². The third kappa shape index (κ3) is 3.80. The van der Waals surface area contributed by atoms with E-state index in [1.807, 2.05) is 0 Å². The molecular weight excluding hydrogens is 232 g/mol. The molecule has 0 rings (SSSR count). The zero-order chi connectivity index (χ0) is 13.1. The minimum absolute atomic E-state index is 0.0784. The van der Waals surface area contributed by atoms with Crippen LogP contribution < -0.4 is 0 Å². The van der Waals surface area contributed by atoms with Gasteiger partial charge in [-0.2, -0.15) is 17.6 Å². The average molecular weight is 244 g/mol. The summed E-state index contributed by atoms with van der Waals surface area (Å²) in [7, 11) is 0. The highest BCUT2D eigenvalue weighted by atomic mass is 19.3. The number of carbonyl (C=O) groups excluding carboxylic acids is 1. The normalized spacial score (nSPS) is 14.2. The molecule has 0 fully saturated rings. The smallest absolute Gasteiger partial charge is 0.370 e. The van der Waals surface area contributed by atoms with E-state index in [1.165, 1.54) is 13.8 Å². The second kappa shape index (κ2) is 4.82. The molecule has 1 unspecified atom stereocenters. The number of aliphatic hydroxyl groups excluding tert-OH is 1. The summed E-state index contributed by atoms with van der Waals surface area (Å²) in [5.74, 6) is -10.6. The summed E-state index contributed by atoms with van der Waals surface area (Å²) in [5.41, 5.74) is 0.420. The molecule has 0 aliphatic carbocycles. The fourth-order valence-corrected chi connectivity index (χ4v) is 0.671. The van der Waals surface area contributed by atoms with Gasteiger partial charge in [-0.05, 0) is 13.8 Å².